The van der Waals surface area contributed by atoms with Gasteiger partial charge in [0.1, 0.15) is 11.4 Å². The molecule has 0 saturated carbocycles. The van der Waals surface area contributed by atoms with Gasteiger partial charge in [-0.15, -0.1) is 0 Å². The highest BCUT2D eigenvalue weighted by atomic mass is 35.5. The predicted molar refractivity (Wildman–Crippen MR) is 92.6 cm³/mol. The number of carbonyl (C=O) groups is 1. The summed E-state index contributed by atoms with van der Waals surface area (Å²) in [6.45, 7) is -2.93. The van der Waals surface area contributed by atoms with Crippen LogP contribution in [0.4, 0.5) is 8.78 Å². The molecule has 130 valence electrons. The van der Waals surface area contributed by atoms with Crippen LogP contribution in [0, 0.1) is 0 Å². The lowest BCUT2D eigenvalue weighted by atomic mass is 10.2. The minimum Gasteiger partial charge on any atom is -0.434 e. The first-order chi connectivity index (χ1) is 12.0. The molecule has 0 saturated heterocycles. The second-order valence-electron chi connectivity index (χ2n) is 5.17. The van der Waals surface area contributed by atoms with Crippen molar-refractivity contribution in [1.82, 2.24) is 10.3 Å². The van der Waals surface area contributed by atoms with Gasteiger partial charge in [0.25, 0.3) is 5.91 Å². The third kappa shape index (κ3) is 3.86. The summed E-state index contributed by atoms with van der Waals surface area (Å²) in [4.78, 5) is 15.3. The zero-order chi connectivity index (χ0) is 18.0. The Morgan fingerprint density at radius 1 is 1.20 bits per heavy atom. The van der Waals surface area contributed by atoms with Crippen LogP contribution in [-0.2, 0) is 6.54 Å². The van der Waals surface area contributed by atoms with Gasteiger partial charge in [0.05, 0.1) is 5.02 Å². The van der Waals surface area contributed by atoms with E-state index < -0.39 is 12.5 Å². The molecule has 2 aromatic carbocycles. The molecule has 3 aromatic rings. The zero-order valence-electron chi connectivity index (χ0n) is 12.7. The van der Waals surface area contributed by atoms with Gasteiger partial charge < -0.3 is 15.0 Å². The SMILES string of the molecule is O=C(NCc1ccccc1OC(F)F)c1[nH]c2ccc(Cl)cc2c1Cl. The summed E-state index contributed by atoms with van der Waals surface area (Å²) in [6, 6.07) is 11.3. The van der Waals surface area contributed by atoms with Gasteiger partial charge in [0, 0.05) is 28.0 Å². The van der Waals surface area contributed by atoms with Gasteiger partial charge in [-0.2, -0.15) is 8.78 Å². The molecular weight excluding hydrogens is 373 g/mol. The van der Waals surface area contributed by atoms with E-state index in [9.17, 15) is 13.6 Å². The highest BCUT2D eigenvalue weighted by molar-refractivity contribution is 6.39. The number of halogens is 4. The summed E-state index contributed by atoms with van der Waals surface area (Å²) in [5.41, 5.74) is 1.26. The molecule has 25 heavy (non-hydrogen) atoms. The molecule has 1 heterocycles. The van der Waals surface area contributed by atoms with E-state index >= 15 is 0 Å². The number of rotatable bonds is 5. The fraction of sp³-hybridized carbons (Fsp3) is 0.118. The maximum absolute atomic E-state index is 12.4. The van der Waals surface area contributed by atoms with E-state index in [4.69, 9.17) is 23.2 Å². The quantitative estimate of drug-likeness (QED) is 0.649. The van der Waals surface area contributed by atoms with Crippen molar-refractivity contribution in [2.24, 2.45) is 0 Å². The summed E-state index contributed by atoms with van der Waals surface area (Å²) < 4.78 is 29.3. The van der Waals surface area contributed by atoms with E-state index in [0.717, 1.165) is 0 Å². The molecule has 0 aliphatic rings. The topological polar surface area (TPSA) is 54.1 Å². The highest BCUT2D eigenvalue weighted by Gasteiger charge is 2.17. The summed E-state index contributed by atoms with van der Waals surface area (Å²) in [5, 5.41) is 4.00. The van der Waals surface area contributed by atoms with Gasteiger partial charge in [-0.05, 0) is 24.3 Å². The Labute approximate surface area is 151 Å². The second-order valence-corrected chi connectivity index (χ2v) is 5.99. The fourth-order valence-electron chi connectivity index (χ4n) is 2.41. The Morgan fingerprint density at radius 3 is 2.72 bits per heavy atom. The Balaban J connectivity index is 1.79. The average Bonchev–Trinajstić information content (AvgIpc) is 2.90. The standard InChI is InChI=1S/C17H12Cl2F2N2O2/c18-10-5-6-12-11(7-10)14(19)15(23-12)16(24)22-8-9-3-1-2-4-13(9)25-17(20)21/h1-7,17,23H,8H2,(H,22,24). The van der Waals surface area contributed by atoms with E-state index in [1.54, 1.807) is 36.4 Å². The van der Waals surface area contributed by atoms with Crippen LogP contribution in [0.2, 0.25) is 10.0 Å². The van der Waals surface area contributed by atoms with Crippen LogP contribution in [0.5, 0.6) is 5.75 Å². The molecule has 0 fully saturated rings. The lowest BCUT2D eigenvalue weighted by Gasteiger charge is -2.11. The number of para-hydroxylation sites is 1. The molecule has 1 aromatic heterocycles. The van der Waals surface area contributed by atoms with Gasteiger partial charge in [0.15, 0.2) is 0 Å². The van der Waals surface area contributed by atoms with Crippen molar-refractivity contribution >= 4 is 40.0 Å². The van der Waals surface area contributed by atoms with Crippen LogP contribution in [0.3, 0.4) is 0 Å². The second kappa shape index (κ2) is 7.29. The normalized spacial score (nSPS) is 11.1. The Bertz CT molecular complexity index is 928. The van der Waals surface area contributed by atoms with Crippen molar-refractivity contribution in [2.45, 2.75) is 13.2 Å². The number of fused-ring (bicyclic) bond motifs is 1. The number of H-pyrrole nitrogens is 1. The number of hydrogen-bond donors (Lipinski definition) is 2. The smallest absolute Gasteiger partial charge is 0.387 e. The van der Waals surface area contributed by atoms with Gasteiger partial charge in [-0.25, -0.2) is 0 Å². The van der Waals surface area contributed by atoms with Crippen molar-refractivity contribution < 1.29 is 18.3 Å². The van der Waals surface area contributed by atoms with Gasteiger partial charge in [0.2, 0.25) is 0 Å². The number of hydrogen-bond acceptors (Lipinski definition) is 2. The van der Waals surface area contributed by atoms with E-state index in [-0.39, 0.29) is 23.0 Å². The molecule has 0 unspecified atom stereocenters. The van der Waals surface area contributed by atoms with Crippen molar-refractivity contribution in [3.63, 3.8) is 0 Å². The van der Waals surface area contributed by atoms with Crippen LogP contribution in [0.15, 0.2) is 42.5 Å². The monoisotopic (exact) mass is 384 g/mol. The predicted octanol–water partition coefficient (Wildman–Crippen LogP) is 5.01. The summed E-state index contributed by atoms with van der Waals surface area (Å²) in [5.74, 6) is -0.462. The van der Waals surface area contributed by atoms with Gasteiger partial charge in [-0.3, -0.25) is 4.79 Å². The molecule has 0 radical (unpaired) electrons. The number of aromatic nitrogens is 1. The first kappa shape index (κ1) is 17.5. The maximum Gasteiger partial charge on any atom is 0.387 e. The molecule has 1 amide bonds. The Morgan fingerprint density at radius 2 is 1.96 bits per heavy atom. The van der Waals surface area contributed by atoms with Gasteiger partial charge >= 0.3 is 6.61 Å². The van der Waals surface area contributed by atoms with Crippen molar-refractivity contribution in [3.05, 3.63) is 63.8 Å². The van der Waals surface area contributed by atoms with Crippen LogP contribution >= 0.6 is 23.2 Å². The first-order valence-electron chi connectivity index (χ1n) is 7.23. The largest absolute Gasteiger partial charge is 0.434 e. The number of alkyl halides is 2. The summed E-state index contributed by atoms with van der Waals surface area (Å²) in [6.07, 6.45) is 0. The number of aromatic amines is 1. The fourth-order valence-corrected chi connectivity index (χ4v) is 2.87. The van der Waals surface area contributed by atoms with Crippen LogP contribution in [0.1, 0.15) is 16.1 Å². The molecule has 0 bridgehead atoms. The third-order valence-corrected chi connectivity index (χ3v) is 4.18. The highest BCUT2D eigenvalue weighted by Crippen LogP contribution is 2.29. The zero-order valence-corrected chi connectivity index (χ0v) is 14.2. The first-order valence-corrected chi connectivity index (χ1v) is 7.99. The Kier molecular flexibility index (Phi) is 5.11. The summed E-state index contributed by atoms with van der Waals surface area (Å²) >= 11 is 12.2. The molecule has 0 aliphatic heterocycles. The van der Waals surface area contributed by atoms with Gasteiger partial charge in [-0.1, -0.05) is 41.4 Å². The lowest BCUT2D eigenvalue weighted by Crippen LogP contribution is -2.24. The number of benzene rings is 2. The lowest BCUT2D eigenvalue weighted by molar-refractivity contribution is -0.0504. The number of nitrogens with one attached hydrogen (secondary N) is 2. The minimum absolute atomic E-state index is 0.00678. The van der Waals surface area contributed by atoms with Crippen LogP contribution < -0.4 is 10.1 Å². The van der Waals surface area contributed by atoms with Crippen molar-refractivity contribution in [1.29, 1.82) is 0 Å². The molecule has 8 heteroatoms. The molecule has 0 aliphatic carbocycles. The third-order valence-electron chi connectivity index (χ3n) is 3.55. The van der Waals surface area contributed by atoms with E-state index in [1.165, 1.54) is 6.07 Å². The summed E-state index contributed by atoms with van der Waals surface area (Å²) in [7, 11) is 0. The molecular formula is C17H12Cl2F2N2O2. The Hall–Kier alpha value is -2.31. The van der Waals surface area contributed by atoms with Crippen LogP contribution in [-0.4, -0.2) is 17.5 Å². The molecule has 4 nitrogen and oxygen atoms in total. The van der Waals surface area contributed by atoms with E-state index in [1.807, 2.05) is 0 Å². The molecule has 0 atom stereocenters. The maximum atomic E-state index is 12.4. The molecule has 0 spiro atoms. The number of carbonyl (C=O) groups excluding carboxylic acids is 1. The molecule has 2 N–H and O–H groups in total. The van der Waals surface area contributed by atoms with E-state index in [2.05, 4.69) is 15.0 Å². The minimum atomic E-state index is -2.94. The van der Waals surface area contributed by atoms with E-state index in [0.29, 0.717) is 21.5 Å². The van der Waals surface area contributed by atoms with Crippen molar-refractivity contribution in [3.8, 4) is 5.75 Å². The van der Waals surface area contributed by atoms with Crippen LogP contribution in [0.25, 0.3) is 10.9 Å². The van der Waals surface area contributed by atoms with Crippen molar-refractivity contribution in [2.75, 3.05) is 0 Å². The number of ether oxygens (including phenoxy) is 1. The average molecular weight is 385 g/mol. The number of amides is 1. The molecule has 3 rings (SSSR count).